The van der Waals surface area contributed by atoms with Crippen molar-refractivity contribution in [1.82, 2.24) is 23.7 Å². The molecule has 0 fully saturated rings. The quantitative estimate of drug-likeness (QED) is 0.205. The van der Waals surface area contributed by atoms with Crippen LogP contribution in [-0.4, -0.2) is 46.8 Å². The molecule has 4 rings (SSSR count). The summed E-state index contributed by atoms with van der Waals surface area (Å²) in [7, 11) is -5.13. The van der Waals surface area contributed by atoms with Crippen LogP contribution in [0, 0.1) is 0 Å². The highest BCUT2D eigenvalue weighted by Gasteiger charge is 2.26. The van der Waals surface area contributed by atoms with Crippen LogP contribution in [0.4, 0.5) is 0 Å². The fourth-order valence-corrected chi connectivity index (χ4v) is 5.55. The van der Waals surface area contributed by atoms with Crippen LogP contribution in [0.25, 0.3) is 22.4 Å². The SMILES string of the molecule is C[Si](C)(C)CCOCn1ccc(-c2cc3cnc(Cl)nc3n2S(=O)(=O)c2ccccc2)n1. The van der Waals surface area contributed by atoms with E-state index in [2.05, 4.69) is 34.7 Å². The maximum Gasteiger partial charge on any atom is 0.269 e. The van der Waals surface area contributed by atoms with Gasteiger partial charge in [-0.25, -0.2) is 22.1 Å². The normalized spacial score (nSPS) is 12.5. The van der Waals surface area contributed by atoms with Gasteiger partial charge in [-0.2, -0.15) is 10.1 Å². The molecule has 0 N–H and O–H groups in total. The smallest absolute Gasteiger partial charge is 0.269 e. The Morgan fingerprint density at radius 1 is 1.12 bits per heavy atom. The molecule has 0 saturated heterocycles. The number of hydrogen-bond donors (Lipinski definition) is 0. The van der Waals surface area contributed by atoms with Gasteiger partial charge < -0.3 is 4.74 Å². The summed E-state index contributed by atoms with van der Waals surface area (Å²) in [4.78, 5) is 8.32. The molecule has 0 radical (unpaired) electrons. The van der Waals surface area contributed by atoms with E-state index in [1.165, 1.54) is 10.2 Å². The lowest BCUT2D eigenvalue weighted by Crippen LogP contribution is -2.22. The highest BCUT2D eigenvalue weighted by atomic mass is 35.5. The van der Waals surface area contributed by atoms with Crippen LogP contribution in [0.3, 0.4) is 0 Å². The Hall–Kier alpha value is -2.53. The molecular weight excluding hydrogens is 466 g/mol. The van der Waals surface area contributed by atoms with Crippen LogP contribution < -0.4 is 0 Å². The van der Waals surface area contributed by atoms with Crippen LogP contribution >= 0.6 is 11.6 Å². The minimum atomic E-state index is -3.95. The third kappa shape index (κ3) is 4.78. The molecule has 0 aliphatic carbocycles. The monoisotopic (exact) mass is 489 g/mol. The number of rotatable bonds is 8. The first-order chi connectivity index (χ1) is 15.1. The molecule has 3 heterocycles. The maximum absolute atomic E-state index is 13.5. The minimum absolute atomic E-state index is 0.0343. The van der Waals surface area contributed by atoms with Gasteiger partial charge >= 0.3 is 0 Å². The lowest BCUT2D eigenvalue weighted by molar-refractivity contribution is 0.0787. The molecule has 0 spiro atoms. The first-order valence-corrected chi connectivity index (χ1v) is 15.6. The molecule has 4 aromatic rings. The van der Waals surface area contributed by atoms with E-state index in [1.807, 2.05) is 0 Å². The Kier molecular flexibility index (Phi) is 6.21. The molecule has 11 heteroatoms. The van der Waals surface area contributed by atoms with E-state index in [0.29, 0.717) is 30.1 Å². The van der Waals surface area contributed by atoms with Crippen molar-refractivity contribution in [3.05, 3.63) is 60.1 Å². The van der Waals surface area contributed by atoms with E-state index in [-0.39, 0.29) is 15.8 Å². The summed E-state index contributed by atoms with van der Waals surface area (Å²) in [6, 6.07) is 12.7. The van der Waals surface area contributed by atoms with Gasteiger partial charge in [0.05, 0.1) is 10.6 Å². The van der Waals surface area contributed by atoms with Crippen molar-refractivity contribution < 1.29 is 13.2 Å². The Morgan fingerprint density at radius 2 is 1.88 bits per heavy atom. The zero-order valence-electron chi connectivity index (χ0n) is 18.1. The maximum atomic E-state index is 13.5. The van der Waals surface area contributed by atoms with Gasteiger partial charge in [0.1, 0.15) is 12.4 Å². The predicted octanol–water partition coefficient (Wildman–Crippen LogP) is 4.50. The van der Waals surface area contributed by atoms with Gasteiger partial charge in [-0.15, -0.1) is 0 Å². The minimum Gasteiger partial charge on any atom is -0.360 e. The summed E-state index contributed by atoms with van der Waals surface area (Å²) in [6.45, 7) is 7.85. The molecule has 0 bridgehead atoms. The van der Waals surface area contributed by atoms with Gasteiger partial charge in [0.2, 0.25) is 5.28 Å². The fourth-order valence-electron chi connectivity index (χ4n) is 3.17. The molecule has 0 saturated carbocycles. The second kappa shape index (κ2) is 8.78. The van der Waals surface area contributed by atoms with Crippen molar-refractivity contribution in [2.24, 2.45) is 0 Å². The van der Waals surface area contributed by atoms with Crippen molar-refractivity contribution >= 4 is 40.7 Å². The third-order valence-electron chi connectivity index (χ3n) is 4.87. The van der Waals surface area contributed by atoms with E-state index in [0.717, 1.165) is 6.04 Å². The molecule has 8 nitrogen and oxygen atoms in total. The third-order valence-corrected chi connectivity index (χ3v) is 8.48. The van der Waals surface area contributed by atoms with E-state index in [4.69, 9.17) is 16.3 Å². The van der Waals surface area contributed by atoms with E-state index in [9.17, 15) is 8.42 Å². The number of benzene rings is 1. The van der Waals surface area contributed by atoms with Crippen LogP contribution in [0.2, 0.25) is 31.0 Å². The molecule has 1 aromatic carbocycles. The highest BCUT2D eigenvalue weighted by Crippen LogP contribution is 2.30. The molecule has 0 atom stereocenters. The van der Waals surface area contributed by atoms with E-state index < -0.39 is 18.1 Å². The van der Waals surface area contributed by atoms with Crippen LogP contribution in [0.1, 0.15) is 0 Å². The van der Waals surface area contributed by atoms with Gasteiger partial charge in [0.25, 0.3) is 10.0 Å². The van der Waals surface area contributed by atoms with E-state index >= 15 is 0 Å². The summed E-state index contributed by atoms with van der Waals surface area (Å²) in [6.07, 6.45) is 3.27. The summed E-state index contributed by atoms with van der Waals surface area (Å²) in [5.41, 5.74) is 1.05. The lowest BCUT2D eigenvalue weighted by Gasteiger charge is -2.15. The Labute approximate surface area is 192 Å². The summed E-state index contributed by atoms with van der Waals surface area (Å²) >= 11 is 5.99. The Morgan fingerprint density at radius 3 is 2.59 bits per heavy atom. The number of nitrogens with zero attached hydrogens (tertiary/aromatic N) is 5. The second-order valence-corrected chi connectivity index (χ2v) is 16.4. The summed E-state index contributed by atoms with van der Waals surface area (Å²) in [5.74, 6) is 0. The predicted molar refractivity (Wildman–Crippen MR) is 127 cm³/mol. The molecule has 3 aromatic heterocycles. The summed E-state index contributed by atoms with van der Waals surface area (Å²) in [5, 5.41) is 5.05. The topological polar surface area (TPSA) is 91.9 Å². The second-order valence-electron chi connectivity index (χ2n) is 8.62. The average Bonchev–Trinajstić information content (AvgIpc) is 3.35. The number of halogens is 1. The van der Waals surface area contributed by atoms with Crippen molar-refractivity contribution in [3.63, 3.8) is 0 Å². The van der Waals surface area contributed by atoms with Gasteiger partial charge in [-0.3, -0.25) is 0 Å². The number of ether oxygens (including phenoxy) is 1. The van der Waals surface area contributed by atoms with Crippen molar-refractivity contribution in [1.29, 1.82) is 0 Å². The zero-order chi connectivity index (χ0) is 22.9. The highest BCUT2D eigenvalue weighted by molar-refractivity contribution is 7.90. The zero-order valence-corrected chi connectivity index (χ0v) is 20.6. The number of aromatic nitrogens is 5. The van der Waals surface area contributed by atoms with Gasteiger partial charge in [-0.05, 0) is 41.9 Å². The molecule has 32 heavy (non-hydrogen) atoms. The number of fused-ring (bicyclic) bond motifs is 1. The molecule has 168 valence electrons. The molecule has 0 amide bonds. The van der Waals surface area contributed by atoms with Crippen molar-refractivity contribution in [2.75, 3.05) is 6.61 Å². The standard InChI is InChI=1S/C21H24ClN5O3SSi/c1-32(2,3)12-11-30-15-26-10-9-18(25-26)19-13-16-14-23-21(22)24-20(16)27(19)31(28,29)17-7-5-4-6-8-17/h4-10,13-14H,11-12,15H2,1-3H3. The van der Waals surface area contributed by atoms with Crippen LogP contribution in [0.5, 0.6) is 0 Å². The molecule has 0 unspecified atom stereocenters. The van der Waals surface area contributed by atoms with Crippen LogP contribution in [0.15, 0.2) is 59.8 Å². The van der Waals surface area contributed by atoms with Crippen molar-refractivity contribution in [3.8, 4) is 11.4 Å². The molecule has 0 aliphatic rings. The lowest BCUT2D eigenvalue weighted by atomic mass is 10.3. The van der Waals surface area contributed by atoms with E-state index in [1.54, 1.807) is 53.3 Å². The molecule has 0 aliphatic heterocycles. The fraction of sp³-hybridized carbons (Fsp3) is 0.286. The average molecular weight is 490 g/mol. The summed E-state index contributed by atoms with van der Waals surface area (Å²) < 4.78 is 35.6. The van der Waals surface area contributed by atoms with Gasteiger partial charge in [-0.1, -0.05) is 37.8 Å². The van der Waals surface area contributed by atoms with Gasteiger partial charge in [0, 0.05) is 32.5 Å². The first-order valence-electron chi connectivity index (χ1n) is 10.1. The van der Waals surface area contributed by atoms with Crippen molar-refractivity contribution in [2.45, 2.75) is 37.3 Å². The number of hydrogen-bond acceptors (Lipinski definition) is 6. The Balaban J connectivity index is 1.73. The van der Waals surface area contributed by atoms with Crippen LogP contribution in [-0.2, 0) is 21.5 Å². The first kappa shape index (κ1) is 22.7. The Bertz CT molecular complexity index is 1350. The molecular formula is C21H24ClN5O3SSi. The van der Waals surface area contributed by atoms with Gasteiger partial charge in [0.15, 0.2) is 5.65 Å². The largest absolute Gasteiger partial charge is 0.360 e.